The predicted octanol–water partition coefficient (Wildman–Crippen LogP) is 1.56. The molecule has 4 heteroatoms. The Morgan fingerprint density at radius 2 is 2.33 bits per heavy atom. The number of nitrogens with zero attached hydrogens (tertiary/aromatic N) is 2. The van der Waals surface area contributed by atoms with Crippen LogP contribution in [0.4, 0.5) is 0 Å². The van der Waals surface area contributed by atoms with Gasteiger partial charge in [-0.15, -0.1) is 0 Å². The number of rotatable bonds is 1. The highest BCUT2D eigenvalue weighted by Crippen LogP contribution is 2.13. The van der Waals surface area contributed by atoms with Crippen LogP contribution in [0.15, 0.2) is 28.9 Å². The lowest BCUT2D eigenvalue weighted by atomic mass is 10.3. The summed E-state index contributed by atoms with van der Waals surface area (Å²) in [7, 11) is 0. The van der Waals surface area contributed by atoms with Crippen molar-refractivity contribution in [1.82, 2.24) is 9.61 Å². The molecule has 0 amide bonds. The summed E-state index contributed by atoms with van der Waals surface area (Å²) >= 11 is 3.39. The first kappa shape index (κ1) is 7.76. The van der Waals surface area contributed by atoms with E-state index >= 15 is 0 Å². The molecule has 0 bridgehead atoms. The zero-order valence-electron chi connectivity index (χ0n) is 6.37. The lowest BCUT2D eigenvalue weighted by Crippen LogP contribution is -1.96. The summed E-state index contributed by atoms with van der Waals surface area (Å²) in [5.41, 5.74) is 7.43. The van der Waals surface area contributed by atoms with Crippen molar-refractivity contribution in [3.63, 3.8) is 0 Å². The summed E-state index contributed by atoms with van der Waals surface area (Å²) in [6, 6.07) is 5.93. The molecule has 2 heterocycles. The van der Waals surface area contributed by atoms with Crippen molar-refractivity contribution in [3.8, 4) is 0 Å². The van der Waals surface area contributed by atoms with Crippen LogP contribution >= 0.6 is 15.9 Å². The maximum atomic E-state index is 5.46. The maximum Gasteiger partial charge on any atom is 0.0770 e. The smallest absolute Gasteiger partial charge is 0.0770 e. The Labute approximate surface area is 78.3 Å². The van der Waals surface area contributed by atoms with Gasteiger partial charge in [0.05, 0.1) is 11.2 Å². The van der Waals surface area contributed by atoms with Gasteiger partial charge in [-0.3, -0.25) is 0 Å². The van der Waals surface area contributed by atoms with Crippen LogP contribution in [-0.2, 0) is 6.54 Å². The summed E-state index contributed by atoms with van der Waals surface area (Å²) in [5, 5.41) is 4.24. The molecule has 0 radical (unpaired) electrons. The van der Waals surface area contributed by atoms with Gasteiger partial charge >= 0.3 is 0 Å². The molecule has 0 aliphatic rings. The van der Waals surface area contributed by atoms with Crippen molar-refractivity contribution in [2.75, 3.05) is 0 Å². The fraction of sp³-hybridized carbons (Fsp3) is 0.125. The van der Waals surface area contributed by atoms with Gasteiger partial charge in [-0.2, -0.15) is 5.10 Å². The highest BCUT2D eigenvalue weighted by atomic mass is 79.9. The molecule has 3 nitrogen and oxygen atoms in total. The second-order valence-corrected chi connectivity index (χ2v) is 3.47. The van der Waals surface area contributed by atoms with E-state index in [1.165, 1.54) is 0 Å². The second-order valence-electron chi connectivity index (χ2n) is 2.55. The van der Waals surface area contributed by atoms with Crippen molar-refractivity contribution >= 4 is 21.4 Å². The minimum Gasteiger partial charge on any atom is -0.325 e. The summed E-state index contributed by atoms with van der Waals surface area (Å²) in [6.45, 7) is 0.485. The molecular formula is C8H8BrN3. The van der Waals surface area contributed by atoms with E-state index in [4.69, 9.17) is 5.73 Å². The molecule has 12 heavy (non-hydrogen) atoms. The minimum atomic E-state index is 0.485. The number of halogens is 1. The first-order valence-electron chi connectivity index (χ1n) is 3.63. The molecule has 2 N–H and O–H groups in total. The topological polar surface area (TPSA) is 43.3 Å². The molecule has 0 saturated carbocycles. The molecular weight excluding hydrogens is 218 g/mol. The van der Waals surface area contributed by atoms with E-state index in [9.17, 15) is 0 Å². The van der Waals surface area contributed by atoms with Gasteiger partial charge in [0, 0.05) is 17.2 Å². The van der Waals surface area contributed by atoms with Crippen molar-refractivity contribution in [3.05, 3.63) is 34.6 Å². The SMILES string of the molecule is NCc1cc2cc(Br)ccn2n1. The second kappa shape index (κ2) is 2.88. The normalized spacial score (nSPS) is 10.8. The fourth-order valence-corrected chi connectivity index (χ4v) is 1.47. The van der Waals surface area contributed by atoms with Gasteiger partial charge in [0.1, 0.15) is 0 Å². The number of pyridine rings is 1. The van der Waals surface area contributed by atoms with Crippen molar-refractivity contribution in [2.45, 2.75) is 6.54 Å². The Kier molecular flexibility index (Phi) is 1.86. The van der Waals surface area contributed by atoms with Crippen LogP contribution in [0.3, 0.4) is 0 Å². The molecule has 0 unspecified atom stereocenters. The lowest BCUT2D eigenvalue weighted by molar-refractivity contribution is 0.883. The summed E-state index contributed by atoms with van der Waals surface area (Å²) in [4.78, 5) is 0. The quantitative estimate of drug-likeness (QED) is 0.801. The Morgan fingerprint density at radius 1 is 1.50 bits per heavy atom. The standard InChI is InChI=1S/C8H8BrN3/c9-6-1-2-12-8(3-6)4-7(5-10)11-12/h1-4H,5,10H2. The molecule has 0 aromatic carbocycles. The van der Waals surface area contributed by atoms with Gasteiger partial charge in [0.25, 0.3) is 0 Å². The molecule has 2 aromatic rings. The molecule has 62 valence electrons. The van der Waals surface area contributed by atoms with Crippen molar-refractivity contribution in [2.24, 2.45) is 5.73 Å². The van der Waals surface area contributed by atoms with Crippen LogP contribution in [0.25, 0.3) is 5.52 Å². The average molecular weight is 226 g/mol. The molecule has 0 fully saturated rings. The van der Waals surface area contributed by atoms with E-state index in [1.54, 1.807) is 0 Å². The molecule has 2 aromatic heterocycles. The van der Waals surface area contributed by atoms with E-state index in [0.29, 0.717) is 6.54 Å². The molecule has 2 rings (SSSR count). The molecule has 0 saturated heterocycles. The van der Waals surface area contributed by atoms with Crippen molar-refractivity contribution < 1.29 is 0 Å². The first-order valence-corrected chi connectivity index (χ1v) is 4.43. The van der Waals surface area contributed by atoms with Crippen LogP contribution < -0.4 is 5.73 Å². The van der Waals surface area contributed by atoms with E-state index in [2.05, 4.69) is 21.0 Å². The summed E-state index contributed by atoms with van der Waals surface area (Å²) in [6.07, 6.45) is 1.90. The lowest BCUT2D eigenvalue weighted by Gasteiger charge is -1.91. The highest BCUT2D eigenvalue weighted by molar-refractivity contribution is 9.10. The number of nitrogens with two attached hydrogens (primary N) is 1. The Hall–Kier alpha value is -0.870. The van der Waals surface area contributed by atoms with Gasteiger partial charge in [0.15, 0.2) is 0 Å². The van der Waals surface area contributed by atoms with Crippen LogP contribution in [0.5, 0.6) is 0 Å². The highest BCUT2D eigenvalue weighted by Gasteiger charge is 1.98. The van der Waals surface area contributed by atoms with E-state index < -0.39 is 0 Å². The third-order valence-corrected chi connectivity index (χ3v) is 2.18. The largest absolute Gasteiger partial charge is 0.325 e. The molecule has 0 aliphatic carbocycles. The van der Waals surface area contributed by atoms with Gasteiger partial charge in [-0.25, -0.2) is 4.52 Å². The summed E-state index contributed by atoms with van der Waals surface area (Å²) < 4.78 is 2.87. The van der Waals surface area contributed by atoms with Crippen LogP contribution in [0.2, 0.25) is 0 Å². The fourth-order valence-electron chi connectivity index (χ4n) is 1.12. The van der Waals surface area contributed by atoms with Gasteiger partial charge < -0.3 is 5.73 Å². The minimum absolute atomic E-state index is 0.485. The van der Waals surface area contributed by atoms with E-state index in [-0.39, 0.29) is 0 Å². The molecule has 0 spiro atoms. The monoisotopic (exact) mass is 225 g/mol. The first-order chi connectivity index (χ1) is 5.79. The van der Waals surface area contributed by atoms with Gasteiger partial charge in [0.2, 0.25) is 0 Å². The van der Waals surface area contributed by atoms with Crippen LogP contribution in [-0.4, -0.2) is 9.61 Å². The van der Waals surface area contributed by atoms with Crippen LogP contribution in [0.1, 0.15) is 5.69 Å². The number of hydrogen-bond donors (Lipinski definition) is 1. The predicted molar refractivity (Wildman–Crippen MR) is 50.8 cm³/mol. The molecule has 0 aliphatic heterocycles. The Bertz CT molecular complexity index is 408. The maximum absolute atomic E-state index is 5.46. The zero-order chi connectivity index (χ0) is 8.55. The number of aromatic nitrogens is 2. The Balaban J connectivity index is 2.67. The van der Waals surface area contributed by atoms with Crippen molar-refractivity contribution in [1.29, 1.82) is 0 Å². The average Bonchev–Trinajstić information content (AvgIpc) is 2.46. The number of fused-ring (bicyclic) bond motifs is 1. The van der Waals surface area contributed by atoms with Crippen LogP contribution in [0, 0.1) is 0 Å². The zero-order valence-corrected chi connectivity index (χ0v) is 7.95. The van der Waals surface area contributed by atoms with Gasteiger partial charge in [-0.1, -0.05) is 15.9 Å². The van der Waals surface area contributed by atoms with Gasteiger partial charge in [-0.05, 0) is 18.2 Å². The Morgan fingerprint density at radius 3 is 3.08 bits per heavy atom. The van der Waals surface area contributed by atoms with E-state index in [0.717, 1.165) is 15.7 Å². The summed E-state index contributed by atoms with van der Waals surface area (Å²) in [5.74, 6) is 0. The third kappa shape index (κ3) is 1.23. The molecule has 0 atom stereocenters. The van der Waals surface area contributed by atoms with E-state index in [1.807, 2.05) is 28.9 Å². The number of hydrogen-bond acceptors (Lipinski definition) is 2. The third-order valence-electron chi connectivity index (χ3n) is 1.69.